The summed E-state index contributed by atoms with van der Waals surface area (Å²) >= 11 is 0. The van der Waals surface area contributed by atoms with Gasteiger partial charge in [0.1, 0.15) is 19.3 Å². The van der Waals surface area contributed by atoms with E-state index in [1.165, 1.54) is 4.31 Å². The predicted octanol–water partition coefficient (Wildman–Crippen LogP) is 3.25. The Balaban J connectivity index is 1.73. The first-order valence-electron chi connectivity index (χ1n) is 12.5. The molecule has 0 aromatic heterocycles. The van der Waals surface area contributed by atoms with Crippen LogP contribution in [0.4, 0.5) is 5.69 Å². The van der Waals surface area contributed by atoms with Gasteiger partial charge in [-0.05, 0) is 51.8 Å². The molecule has 0 fully saturated rings. The van der Waals surface area contributed by atoms with Gasteiger partial charge in [-0.2, -0.15) is 0 Å². The lowest BCUT2D eigenvalue weighted by Gasteiger charge is -2.30. The number of sulfonamides is 1. The fraction of sp³-hybridized carbons (Fsp3) is 0.481. The number of ether oxygens (including phenoxy) is 2. The van der Waals surface area contributed by atoms with E-state index < -0.39 is 16.1 Å². The molecule has 202 valence electrons. The largest absolute Gasteiger partial charge is 0.486 e. The monoisotopic (exact) mass is 531 g/mol. The van der Waals surface area contributed by atoms with E-state index in [1.807, 2.05) is 45.0 Å². The molecule has 2 aromatic rings. The molecule has 1 N–H and O–H groups in total. The molecule has 1 atom stereocenters. The molecule has 0 spiro atoms. The first-order valence-corrected chi connectivity index (χ1v) is 14.3. The molecule has 1 unspecified atom stereocenters. The van der Waals surface area contributed by atoms with E-state index in [2.05, 4.69) is 5.32 Å². The van der Waals surface area contributed by atoms with Gasteiger partial charge in [0, 0.05) is 31.6 Å². The fourth-order valence-corrected chi connectivity index (χ4v) is 5.03. The number of carbonyl (C=O) groups excluding carboxylic acids is 2. The number of nitrogens with one attached hydrogen (secondary N) is 1. The maximum absolute atomic E-state index is 13.3. The van der Waals surface area contributed by atoms with E-state index in [0.29, 0.717) is 30.4 Å². The number of aryl methyl sites for hydroxylation is 1. The number of benzene rings is 2. The second-order valence-corrected chi connectivity index (χ2v) is 11.5. The second-order valence-electron chi connectivity index (χ2n) is 9.61. The summed E-state index contributed by atoms with van der Waals surface area (Å²) < 4.78 is 37.6. The first-order chi connectivity index (χ1) is 17.5. The Labute approximate surface area is 219 Å². The zero-order valence-corrected chi connectivity index (χ0v) is 23.0. The molecule has 0 radical (unpaired) electrons. The zero-order chi connectivity index (χ0) is 27.2. The third-order valence-electron chi connectivity index (χ3n) is 6.04. The average molecular weight is 532 g/mol. The zero-order valence-electron chi connectivity index (χ0n) is 22.2. The molecule has 2 aromatic carbocycles. The van der Waals surface area contributed by atoms with Crippen LogP contribution in [0.2, 0.25) is 0 Å². The molecular formula is C27H37N3O6S. The Kier molecular flexibility index (Phi) is 9.42. The van der Waals surface area contributed by atoms with Gasteiger partial charge in [0.15, 0.2) is 11.5 Å². The summed E-state index contributed by atoms with van der Waals surface area (Å²) in [7, 11) is -3.61. The van der Waals surface area contributed by atoms with E-state index in [4.69, 9.17) is 9.47 Å². The number of hydrogen-bond donors (Lipinski definition) is 1. The van der Waals surface area contributed by atoms with Gasteiger partial charge in [-0.1, -0.05) is 29.8 Å². The standard InChI is InChI=1S/C27H37N3O6S/c1-19(2)28-27(32)21(4)29(18-22-10-8-20(3)9-11-22)26(31)7-6-14-30(37(5,33)34)23-12-13-24-25(17-23)36-16-15-35-24/h8-13,17,19,21H,6-7,14-16,18H2,1-5H3,(H,28,32). The Morgan fingerprint density at radius 2 is 1.65 bits per heavy atom. The SMILES string of the molecule is Cc1ccc(CN(C(=O)CCCN(c2ccc3c(c2)OCCO3)S(C)(=O)=O)C(C)C(=O)NC(C)C)cc1. The van der Waals surface area contributed by atoms with Crippen LogP contribution < -0.4 is 19.1 Å². The molecule has 0 aliphatic carbocycles. The molecule has 0 bridgehead atoms. The van der Waals surface area contributed by atoms with Crippen LogP contribution in [0.1, 0.15) is 44.7 Å². The molecule has 1 aliphatic rings. The lowest BCUT2D eigenvalue weighted by molar-refractivity contribution is -0.140. The molecule has 1 aliphatic heterocycles. The van der Waals surface area contributed by atoms with Gasteiger partial charge < -0.3 is 19.7 Å². The van der Waals surface area contributed by atoms with Gasteiger partial charge >= 0.3 is 0 Å². The van der Waals surface area contributed by atoms with E-state index in [1.54, 1.807) is 30.0 Å². The quantitative estimate of drug-likeness (QED) is 0.477. The molecule has 2 amide bonds. The topological polar surface area (TPSA) is 105 Å². The van der Waals surface area contributed by atoms with Crippen molar-refractivity contribution in [2.75, 3.05) is 30.3 Å². The number of nitrogens with zero attached hydrogens (tertiary/aromatic N) is 2. The normalized spacial score (nSPS) is 13.7. The molecule has 37 heavy (non-hydrogen) atoms. The summed E-state index contributed by atoms with van der Waals surface area (Å²) in [4.78, 5) is 27.6. The van der Waals surface area contributed by atoms with E-state index in [0.717, 1.165) is 17.4 Å². The minimum Gasteiger partial charge on any atom is -0.486 e. The lowest BCUT2D eigenvalue weighted by atomic mass is 10.1. The van der Waals surface area contributed by atoms with Crippen molar-refractivity contribution in [2.24, 2.45) is 0 Å². The molecule has 9 nitrogen and oxygen atoms in total. The van der Waals surface area contributed by atoms with Gasteiger partial charge in [-0.25, -0.2) is 8.42 Å². The lowest BCUT2D eigenvalue weighted by Crippen LogP contribution is -2.49. The number of hydrogen-bond acceptors (Lipinski definition) is 6. The van der Waals surface area contributed by atoms with Crippen molar-refractivity contribution >= 4 is 27.5 Å². The van der Waals surface area contributed by atoms with Crippen molar-refractivity contribution in [3.05, 3.63) is 53.6 Å². The van der Waals surface area contributed by atoms with Crippen molar-refractivity contribution in [2.45, 2.75) is 59.2 Å². The second kappa shape index (κ2) is 12.3. The number of amides is 2. The van der Waals surface area contributed by atoms with Crippen molar-refractivity contribution < 1.29 is 27.5 Å². The van der Waals surface area contributed by atoms with Crippen LogP contribution >= 0.6 is 0 Å². The van der Waals surface area contributed by atoms with Gasteiger partial charge in [0.25, 0.3) is 0 Å². The van der Waals surface area contributed by atoms with Crippen LogP contribution in [0, 0.1) is 6.92 Å². The molecule has 3 rings (SSSR count). The number of rotatable bonds is 11. The van der Waals surface area contributed by atoms with Gasteiger partial charge in [-0.15, -0.1) is 0 Å². The molecular weight excluding hydrogens is 494 g/mol. The summed E-state index contributed by atoms with van der Waals surface area (Å²) in [5.41, 5.74) is 2.46. The van der Waals surface area contributed by atoms with Gasteiger partial charge in [-0.3, -0.25) is 13.9 Å². The van der Waals surface area contributed by atoms with Gasteiger partial charge in [0.2, 0.25) is 21.8 Å². The Morgan fingerprint density at radius 1 is 1.00 bits per heavy atom. The minimum absolute atomic E-state index is 0.0550. The van der Waals surface area contributed by atoms with Crippen LogP contribution in [0.3, 0.4) is 0 Å². The number of carbonyl (C=O) groups is 2. The maximum atomic E-state index is 13.3. The predicted molar refractivity (Wildman–Crippen MR) is 143 cm³/mol. The molecule has 0 saturated carbocycles. The highest BCUT2D eigenvalue weighted by molar-refractivity contribution is 7.92. The van der Waals surface area contributed by atoms with E-state index >= 15 is 0 Å². The van der Waals surface area contributed by atoms with Crippen molar-refractivity contribution in [3.63, 3.8) is 0 Å². The minimum atomic E-state index is -3.61. The van der Waals surface area contributed by atoms with Crippen molar-refractivity contribution in [3.8, 4) is 11.5 Å². The summed E-state index contributed by atoms with van der Waals surface area (Å²) in [6.45, 7) is 8.66. The van der Waals surface area contributed by atoms with Crippen LogP contribution in [0.25, 0.3) is 0 Å². The maximum Gasteiger partial charge on any atom is 0.242 e. The summed E-state index contributed by atoms with van der Waals surface area (Å²) in [5, 5.41) is 2.87. The summed E-state index contributed by atoms with van der Waals surface area (Å²) in [6, 6.07) is 12.1. The fourth-order valence-electron chi connectivity index (χ4n) is 4.07. The highest BCUT2D eigenvalue weighted by Gasteiger charge is 2.27. The van der Waals surface area contributed by atoms with Gasteiger partial charge in [0.05, 0.1) is 11.9 Å². The summed E-state index contributed by atoms with van der Waals surface area (Å²) in [6.07, 6.45) is 1.50. The molecule has 1 heterocycles. The van der Waals surface area contributed by atoms with E-state index in [9.17, 15) is 18.0 Å². The van der Waals surface area contributed by atoms with E-state index in [-0.39, 0.29) is 43.8 Å². The number of anilines is 1. The summed E-state index contributed by atoms with van der Waals surface area (Å²) in [5.74, 6) is 0.605. The third-order valence-corrected chi connectivity index (χ3v) is 7.23. The average Bonchev–Trinajstić information content (AvgIpc) is 2.84. The smallest absolute Gasteiger partial charge is 0.242 e. The Hall–Kier alpha value is -3.27. The Morgan fingerprint density at radius 3 is 2.27 bits per heavy atom. The van der Waals surface area contributed by atoms with Crippen LogP contribution in [-0.4, -0.2) is 63.2 Å². The molecule has 10 heteroatoms. The van der Waals surface area contributed by atoms with Crippen LogP contribution in [0.15, 0.2) is 42.5 Å². The van der Waals surface area contributed by atoms with Crippen molar-refractivity contribution in [1.82, 2.24) is 10.2 Å². The number of fused-ring (bicyclic) bond motifs is 1. The first kappa shape index (κ1) is 28.3. The Bertz CT molecular complexity index is 1200. The highest BCUT2D eigenvalue weighted by atomic mass is 32.2. The molecule has 0 saturated heterocycles. The van der Waals surface area contributed by atoms with Crippen LogP contribution in [-0.2, 0) is 26.2 Å². The van der Waals surface area contributed by atoms with Crippen LogP contribution in [0.5, 0.6) is 11.5 Å². The van der Waals surface area contributed by atoms with Crippen molar-refractivity contribution in [1.29, 1.82) is 0 Å². The highest BCUT2D eigenvalue weighted by Crippen LogP contribution is 2.34. The third kappa shape index (κ3) is 7.85.